The highest BCUT2D eigenvalue weighted by Crippen LogP contribution is 2.12. The first kappa shape index (κ1) is 18.2. The van der Waals surface area contributed by atoms with E-state index in [1.807, 2.05) is 12.1 Å². The Morgan fingerprint density at radius 2 is 1.04 bits per heavy atom. The molecule has 5 heteroatoms. The molecule has 0 radical (unpaired) electrons. The molecule has 0 atom stereocenters. The average Bonchev–Trinajstić information content (AvgIpc) is 2.63. The molecule has 2 rings (SSSR count). The molecular formula is C20H18O5. The van der Waals surface area contributed by atoms with Crippen LogP contribution in [0.2, 0.25) is 0 Å². The van der Waals surface area contributed by atoms with Crippen LogP contribution in [-0.4, -0.2) is 25.2 Å². The molecule has 0 spiro atoms. The van der Waals surface area contributed by atoms with Crippen molar-refractivity contribution in [2.24, 2.45) is 0 Å². The van der Waals surface area contributed by atoms with Gasteiger partial charge in [0.15, 0.2) is 0 Å². The molecule has 0 amide bonds. The van der Waals surface area contributed by atoms with Crippen molar-refractivity contribution in [3.8, 4) is 11.5 Å². The topological polar surface area (TPSA) is 61.8 Å². The quantitative estimate of drug-likeness (QED) is 0.420. The van der Waals surface area contributed by atoms with Crippen LogP contribution in [-0.2, 0) is 14.3 Å². The predicted molar refractivity (Wildman–Crippen MR) is 93.3 cm³/mol. The minimum atomic E-state index is -0.594. The van der Waals surface area contributed by atoms with E-state index in [9.17, 15) is 9.59 Å². The van der Waals surface area contributed by atoms with Gasteiger partial charge in [-0.05, 0) is 24.3 Å². The van der Waals surface area contributed by atoms with Gasteiger partial charge in [-0.25, -0.2) is 9.59 Å². The highest BCUT2D eigenvalue weighted by molar-refractivity contribution is 5.90. The molecule has 0 fully saturated rings. The number of carbonyl (C=O) groups excluding carboxylic acids is 2. The summed E-state index contributed by atoms with van der Waals surface area (Å²) in [5.41, 5.74) is 0.265. The van der Waals surface area contributed by atoms with E-state index in [1.54, 1.807) is 48.5 Å². The van der Waals surface area contributed by atoms with Gasteiger partial charge in [0.2, 0.25) is 0 Å². The fraction of sp³-hybridized carbons (Fsp3) is 0.100. The second kappa shape index (κ2) is 9.20. The van der Waals surface area contributed by atoms with Crippen LogP contribution in [0.25, 0.3) is 0 Å². The lowest BCUT2D eigenvalue weighted by Crippen LogP contribution is -2.18. The summed E-state index contributed by atoms with van der Waals surface area (Å²) < 4.78 is 15.5. The van der Waals surface area contributed by atoms with Crippen LogP contribution in [0, 0.1) is 0 Å². The summed E-state index contributed by atoms with van der Waals surface area (Å²) in [6, 6.07) is 17.3. The first-order valence-electron chi connectivity index (χ1n) is 7.54. The number of para-hydroxylation sites is 2. The minimum Gasteiger partial charge on any atom is -0.423 e. The maximum absolute atomic E-state index is 11.8. The van der Waals surface area contributed by atoms with Gasteiger partial charge in [0.05, 0.1) is 24.4 Å². The van der Waals surface area contributed by atoms with Crippen LogP contribution >= 0.6 is 0 Å². The van der Waals surface area contributed by atoms with Crippen LogP contribution in [0.1, 0.15) is 0 Å². The van der Waals surface area contributed by atoms with E-state index in [1.165, 1.54) is 0 Å². The molecule has 0 N–H and O–H groups in total. The van der Waals surface area contributed by atoms with Crippen LogP contribution < -0.4 is 9.47 Å². The first-order valence-corrected chi connectivity index (χ1v) is 7.54. The summed E-state index contributed by atoms with van der Waals surface area (Å²) in [6.45, 7) is 7.07. The molecule has 0 heterocycles. The zero-order valence-electron chi connectivity index (χ0n) is 13.6. The van der Waals surface area contributed by atoms with Crippen molar-refractivity contribution in [1.29, 1.82) is 0 Å². The van der Waals surface area contributed by atoms with Gasteiger partial charge in [-0.1, -0.05) is 49.6 Å². The summed E-state index contributed by atoms with van der Waals surface area (Å²) in [7, 11) is 0. The third-order valence-electron chi connectivity index (χ3n) is 3.04. The van der Waals surface area contributed by atoms with Gasteiger partial charge in [0, 0.05) is 0 Å². The zero-order chi connectivity index (χ0) is 18.1. The molecule has 25 heavy (non-hydrogen) atoms. The number of ether oxygens (including phenoxy) is 3. The molecule has 0 bridgehead atoms. The standard InChI is InChI=1S/C20H18O5/c1-15(19(21)24-17-9-5-3-6-10-17)13-23-14-16(2)20(22)25-18-11-7-4-8-12-18/h3-12H,1-2,13-14H2. The van der Waals surface area contributed by atoms with Crippen molar-refractivity contribution in [2.75, 3.05) is 13.2 Å². The van der Waals surface area contributed by atoms with E-state index in [-0.39, 0.29) is 24.4 Å². The minimum absolute atomic E-state index is 0.0801. The second-order valence-electron chi connectivity index (χ2n) is 5.11. The number of rotatable bonds is 8. The van der Waals surface area contributed by atoms with Crippen molar-refractivity contribution in [2.45, 2.75) is 0 Å². The van der Waals surface area contributed by atoms with E-state index in [4.69, 9.17) is 14.2 Å². The molecule has 0 aromatic heterocycles. The molecule has 5 nitrogen and oxygen atoms in total. The Morgan fingerprint density at radius 3 is 1.40 bits per heavy atom. The Balaban J connectivity index is 1.72. The Morgan fingerprint density at radius 1 is 0.680 bits per heavy atom. The highest BCUT2D eigenvalue weighted by atomic mass is 16.5. The SMILES string of the molecule is C=C(COCC(=C)C(=O)Oc1ccccc1)C(=O)Oc1ccccc1. The second-order valence-corrected chi connectivity index (χ2v) is 5.11. The first-order chi connectivity index (χ1) is 12.1. The van der Waals surface area contributed by atoms with Crippen molar-refractivity contribution >= 4 is 11.9 Å². The zero-order valence-corrected chi connectivity index (χ0v) is 13.6. The lowest BCUT2D eigenvalue weighted by molar-refractivity contribution is -0.130. The predicted octanol–water partition coefficient (Wildman–Crippen LogP) is 3.33. The summed E-state index contributed by atoms with van der Waals surface area (Å²) in [5.74, 6) is -0.346. The van der Waals surface area contributed by atoms with Crippen molar-refractivity contribution < 1.29 is 23.8 Å². The van der Waals surface area contributed by atoms with Gasteiger partial charge in [0.1, 0.15) is 11.5 Å². The van der Waals surface area contributed by atoms with E-state index < -0.39 is 11.9 Å². The van der Waals surface area contributed by atoms with E-state index in [0.29, 0.717) is 11.5 Å². The number of hydrogen-bond donors (Lipinski definition) is 0. The molecule has 0 unspecified atom stereocenters. The maximum Gasteiger partial charge on any atom is 0.341 e. The normalized spacial score (nSPS) is 9.92. The molecule has 0 saturated heterocycles. The molecule has 2 aromatic rings. The summed E-state index contributed by atoms with van der Waals surface area (Å²) in [4.78, 5) is 23.7. The van der Waals surface area contributed by atoms with Crippen molar-refractivity contribution in [1.82, 2.24) is 0 Å². The van der Waals surface area contributed by atoms with Gasteiger partial charge >= 0.3 is 11.9 Å². The third-order valence-corrected chi connectivity index (χ3v) is 3.04. The van der Waals surface area contributed by atoms with Crippen LogP contribution in [0.4, 0.5) is 0 Å². The van der Waals surface area contributed by atoms with Crippen LogP contribution in [0.5, 0.6) is 11.5 Å². The van der Waals surface area contributed by atoms with Gasteiger partial charge in [0.25, 0.3) is 0 Å². The fourth-order valence-electron chi connectivity index (χ4n) is 1.75. The Bertz CT molecular complexity index is 685. The molecule has 0 saturated carbocycles. The average molecular weight is 338 g/mol. The largest absolute Gasteiger partial charge is 0.423 e. The number of benzene rings is 2. The number of hydrogen-bond acceptors (Lipinski definition) is 5. The molecule has 0 aliphatic rings. The van der Waals surface area contributed by atoms with Gasteiger partial charge in [-0.3, -0.25) is 0 Å². The molecular weight excluding hydrogens is 320 g/mol. The van der Waals surface area contributed by atoms with Gasteiger partial charge < -0.3 is 14.2 Å². The van der Waals surface area contributed by atoms with Crippen molar-refractivity contribution in [3.63, 3.8) is 0 Å². The van der Waals surface area contributed by atoms with Gasteiger partial charge in [-0.2, -0.15) is 0 Å². The van der Waals surface area contributed by atoms with Crippen molar-refractivity contribution in [3.05, 3.63) is 85.0 Å². The summed E-state index contributed by atoms with van der Waals surface area (Å²) >= 11 is 0. The lowest BCUT2D eigenvalue weighted by Gasteiger charge is -2.09. The monoisotopic (exact) mass is 338 g/mol. The van der Waals surface area contributed by atoms with Gasteiger partial charge in [-0.15, -0.1) is 0 Å². The maximum atomic E-state index is 11.8. The molecule has 2 aromatic carbocycles. The molecule has 0 aliphatic heterocycles. The Kier molecular flexibility index (Phi) is 6.68. The Labute approximate surface area is 146 Å². The Hall–Kier alpha value is -3.18. The summed E-state index contributed by atoms with van der Waals surface area (Å²) in [6.07, 6.45) is 0. The third kappa shape index (κ3) is 6.08. The number of carbonyl (C=O) groups is 2. The highest BCUT2D eigenvalue weighted by Gasteiger charge is 2.13. The smallest absolute Gasteiger partial charge is 0.341 e. The number of esters is 2. The van der Waals surface area contributed by atoms with E-state index >= 15 is 0 Å². The van der Waals surface area contributed by atoms with E-state index in [0.717, 1.165) is 0 Å². The molecule has 0 aliphatic carbocycles. The lowest BCUT2D eigenvalue weighted by atomic mass is 10.3. The van der Waals surface area contributed by atoms with Crippen LogP contribution in [0.15, 0.2) is 85.0 Å². The fourth-order valence-corrected chi connectivity index (χ4v) is 1.75. The van der Waals surface area contributed by atoms with Crippen LogP contribution in [0.3, 0.4) is 0 Å². The van der Waals surface area contributed by atoms with E-state index in [2.05, 4.69) is 13.2 Å². The summed E-state index contributed by atoms with van der Waals surface area (Å²) in [5, 5.41) is 0. The molecule has 128 valence electrons.